The molecular weight excluding hydrogens is 406 g/mol. The van der Waals surface area contributed by atoms with Crippen LogP contribution < -0.4 is 15.4 Å². The van der Waals surface area contributed by atoms with Crippen molar-refractivity contribution in [3.8, 4) is 5.75 Å². The number of halogens is 2. The first-order valence-corrected chi connectivity index (χ1v) is 10.1. The van der Waals surface area contributed by atoms with E-state index in [2.05, 4.69) is 20.8 Å². The van der Waals surface area contributed by atoms with Gasteiger partial charge in [0, 0.05) is 6.07 Å². The number of anilines is 3. The number of nitrogens with one attached hydrogen (secondary N) is 2. The molecule has 0 bridgehead atoms. The van der Waals surface area contributed by atoms with Crippen LogP contribution in [0.3, 0.4) is 0 Å². The molecule has 0 aliphatic heterocycles. The second-order valence-electron chi connectivity index (χ2n) is 5.39. The average Bonchev–Trinajstić information content (AvgIpc) is 3.12. The van der Waals surface area contributed by atoms with Gasteiger partial charge in [-0.25, -0.2) is 8.78 Å². The van der Waals surface area contributed by atoms with Gasteiger partial charge in [0.2, 0.25) is 11.0 Å². The molecule has 3 rings (SSSR count). The van der Waals surface area contributed by atoms with Gasteiger partial charge in [0.15, 0.2) is 4.34 Å². The summed E-state index contributed by atoms with van der Waals surface area (Å²) in [4.78, 5) is 12.0. The Morgan fingerprint density at radius 2 is 2.00 bits per heavy atom. The van der Waals surface area contributed by atoms with Crippen LogP contribution in [0.4, 0.5) is 25.3 Å². The zero-order valence-corrected chi connectivity index (χ0v) is 16.4. The Labute approximate surface area is 168 Å². The molecule has 6 nitrogen and oxygen atoms in total. The fourth-order valence-corrected chi connectivity index (χ4v) is 3.75. The molecule has 0 atom stereocenters. The van der Waals surface area contributed by atoms with E-state index in [-0.39, 0.29) is 11.4 Å². The van der Waals surface area contributed by atoms with Crippen LogP contribution in [-0.2, 0) is 4.79 Å². The van der Waals surface area contributed by atoms with Crippen molar-refractivity contribution in [1.82, 2.24) is 10.2 Å². The summed E-state index contributed by atoms with van der Waals surface area (Å²) in [5, 5.41) is 14.2. The molecule has 0 aliphatic rings. The van der Waals surface area contributed by atoms with Crippen LogP contribution in [0.2, 0.25) is 0 Å². The number of hydrogen-bond donors (Lipinski definition) is 2. The van der Waals surface area contributed by atoms with Gasteiger partial charge in [0.25, 0.3) is 0 Å². The van der Waals surface area contributed by atoms with Crippen LogP contribution >= 0.6 is 23.1 Å². The first-order valence-electron chi connectivity index (χ1n) is 8.25. The standard InChI is InChI=1S/C18H16F2N4O2S2/c1-2-26-15-6-4-3-5-14(15)22-17-23-24-18(28-17)27-10-16(25)21-13-8-7-11(19)9-12(13)20/h3-9H,2,10H2,1H3,(H,21,25)(H,22,23). The third kappa shape index (κ3) is 5.40. The van der Waals surface area contributed by atoms with Crippen LogP contribution in [0.5, 0.6) is 5.75 Å². The Balaban J connectivity index is 1.55. The van der Waals surface area contributed by atoms with Gasteiger partial charge in [-0.3, -0.25) is 4.79 Å². The van der Waals surface area contributed by atoms with E-state index in [1.54, 1.807) is 0 Å². The Hall–Kier alpha value is -2.72. The largest absolute Gasteiger partial charge is 0.492 e. The van der Waals surface area contributed by atoms with Crippen molar-refractivity contribution in [3.05, 3.63) is 54.1 Å². The van der Waals surface area contributed by atoms with E-state index in [0.29, 0.717) is 27.9 Å². The normalized spacial score (nSPS) is 10.5. The van der Waals surface area contributed by atoms with Crippen LogP contribution in [0, 0.1) is 11.6 Å². The molecule has 146 valence electrons. The number of amides is 1. The summed E-state index contributed by atoms with van der Waals surface area (Å²) in [6, 6.07) is 10.4. The summed E-state index contributed by atoms with van der Waals surface area (Å²) in [6.07, 6.45) is 0. The number of carbonyl (C=O) groups excluding carboxylic acids is 1. The van der Waals surface area contributed by atoms with Crippen molar-refractivity contribution in [2.24, 2.45) is 0 Å². The predicted octanol–water partition coefficient (Wildman–Crippen LogP) is 4.69. The Kier molecular flexibility index (Phi) is 6.77. The molecule has 0 saturated heterocycles. The molecule has 0 fully saturated rings. The first kappa shape index (κ1) is 20.0. The molecular formula is C18H16F2N4O2S2. The summed E-state index contributed by atoms with van der Waals surface area (Å²) < 4.78 is 32.6. The molecule has 0 spiro atoms. The minimum Gasteiger partial charge on any atom is -0.492 e. The third-order valence-corrected chi connectivity index (χ3v) is 5.34. The van der Waals surface area contributed by atoms with Crippen molar-refractivity contribution >= 4 is 45.5 Å². The highest BCUT2D eigenvalue weighted by Crippen LogP contribution is 2.31. The van der Waals surface area contributed by atoms with Crippen molar-refractivity contribution in [3.63, 3.8) is 0 Å². The zero-order chi connectivity index (χ0) is 19.9. The third-order valence-electron chi connectivity index (χ3n) is 3.37. The van der Waals surface area contributed by atoms with E-state index in [4.69, 9.17) is 4.74 Å². The van der Waals surface area contributed by atoms with E-state index < -0.39 is 17.5 Å². The molecule has 28 heavy (non-hydrogen) atoms. The van der Waals surface area contributed by atoms with Gasteiger partial charge in [0.05, 0.1) is 23.7 Å². The second kappa shape index (κ2) is 9.47. The highest BCUT2D eigenvalue weighted by Gasteiger charge is 2.12. The van der Waals surface area contributed by atoms with Gasteiger partial charge in [-0.1, -0.05) is 35.2 Å². The maximum absolute atomic E-state index is 13.6. The number of nitrogens with zero attached hydrogens (tertiary/aromatic N) is 2. The molecule has 0 radical (unpaired) electrons. The van der Waals surface area contributed by atoms with Crippen molar-refractivity contribution < 1.29 is 18.3 Å². The van der Waals surface area contributed by atoms with E-state index in [9.17, 15) is 13.6 Å². The average molecular weight is 422 g/mol. The second-order valence-corrected chi connectivity index (χ2v) is 7.59. The topological polar surface area (TPSA) is 76.1 Å². The monoisotopic (exact) mass is 422 g/mol. The lowest BCUT2D eigenvalue weighted by molar-refractivity contribution is -0.113. The Morgan fingerprint density at radius 3 is 2.79 bits per heavy atom. The quantitative estimate of drug-likeness (QED) is 0.513. The fourth-order valence-electron chi connectivity index (χ4n) is 2.19. The molecule has 2 N–H and O–H groups in total. The fraction of sp³-hybridized carbons (Fsp3) is 0.167. The summed E-state index contributed by atoms with van der Waals surface area (Å²) in [6.45, 7) is 2.44. The summed E-state index contributed by atoms with van der Waals surface area (Å²) in [5.74, 6) is -1.24. The van der Waals surface area contributed by atoms with E-state index in [0.717, 1.165) is 11.8 Å². The van der Waals surface area contributed by atoms with Crippen LogP contribution in [-0.4, -0.2) is 28.5 Å². The molecule has 2 aromatic carbocycles. The molecule has 1 amide bonds. The highest BCUT2D eigenvalue weighted by molar-refractivity contribution is 8.01. The molecule has 0 saturated carbocycles. The maximum atomic E-state index is 13.6. The Morgan fingerprint density at radius 1 is 1.18 bits per heavy atom. The van der Waals surface area contributed by atoms with Crippen molar-refractivity contribution in [2.45, 2.75) is 11.3 Å². The number of para-hydroxylation sites is 2. The highest BCUT2D eigenvalue weighted by atomic mass is 32.2. The number of rotatable bonds is 8. The minimum absolute atomic E-state index is 0.0149. The van der Waals surface area contributed by atoms with Crippen LogP contribution in [0.1, 0.15) is 6.92 Å². The number of thioether (sulfide) groups is 1. The van der Waals surface area contributed by atoms with Crippen LogP contribution in [0.15, 0.2) is 46.8 Å². The van der Waals surface area contributed by atoms with E-state index >= 15 is 0 Å². The van der Waals surface area contributed by atoms with Gasteiger partial charge >= 0.3 is 0 Å². The van der Waals surface area contributed by atoms with E-state index in [1.165, 1.54) is 29.2 Å². The lowest BCUT2D eigenvalue weighted by atomic mass is 10.3. The molecule has 3 aromatic rings. The zero-order valence-electron chi connectivity index (χ0n) is 14.7. The van der Waals surface area contributed by atoms with Crippen molar-refractivity contribution in [1.29, 1.82) is 0 Å². The van der Waals surface area contributed by atoms with Gasteiger partial charge in [-0.05, 0) is 31.2 Å². The van der Waals surface area contributed by atoms with Gasteiger partial charge in [-0.15, -0.1) is 10.2 Å². The van der Waals surface area contributed by atoms with Gasteiger partial charge in [-0.2, -0.15) is 0 Å². The number of benzene rings is 2. The van der Waals surface area contributed by atoms with Gasteiger partial charge in [0.1, 0.15) is 17.4 Å². The Bertz CT molecular complexity index is 968. The number of carbonyl (C=O) groups is 1. The molecule has 1 aromatic heterocycles. The summed E-state index contributed by atoms with van der Waals surface area (Å²) in [5.41, 5.74) is 0.695. The van der Waals surface area contributed by atoms with E-state index in [1.807, 2.05) is 31.2 Å². The van der Waals surface area contributed by atoms with Gasteiger partial charge < -0.3 is 15.4 Å². The molecule has 0 aliphatic carbocycles. The molecule has 1 heterocycles. The van der Waals surface area contributed by atoms with Crippen LogP contribution in [0.25, 0.3) is 0 Å². The number of ether oxygens (including phenoxy) is 1. The molecule has 10 heteroatoms. The summed E-state index contributed by atoms with van der Waals surface area (Å²) >= 11 is 2.45. The predicted molar refractivity (Wildman–Crippen MR) is 107 cm³/mol. The molecule has 0 unspecified atom stereocenters. The smallest absolute Gasteiger partial charge is 0.234 e. The lowest BCUT2D eigenvalue weighted by Crippen LogP contribution is -2.15. The lowest BCUT2D eigenvalue weighted by Gasteiger charge is -2.09. The maximum Gasteiger partial charge on any atom is 0.234 e. The SMILES string of the molecule is CCOc1ccccc1Nc1nnc(SCC(=O)Nc2ccc(F)cc2F)s1. The number of aromatic nitrogens is 2. The summed E-state index contributed by atoms with van der Waals surface area (Å²) in [7, 11) is 0. The first-order chi connectivity index (χ1) is 13.5. The minimum atomic E-state index is -0.825. The number of hydrogen-bond acceptors (Lipinski definition) is 7. The van der Waals surface area contributed by atoms with Crippen molar-refractivity contribution in [2.75, 3.05) is 23.0 Å².